The number of methoxy groups -OCH3 is 2. The first kappa shape index (κ1) is 13.4. The summed E-state index contributed by atoms with van der Waals surface area (Å²) in [7, 11) is 3.37. The second kappa shape index (κ2) is 6.80. The van der Waals surface area contributed by atoms with Crippen LogP contribution in [-0.2, 0) is 17.8 Å². The van der Waals surface area contributed by atoms with Gasteiger partial charge >= 0.3 is 0 Å². The molecule has 1 heterocycles. The minimum Gasteiger partial charge on any atom is -0.497 e. The van der Waals surface area contributed by atoms with Gasteiger partial charge in [-0.1, -0.05) is 12.1 Å². The van der Waals surface area contributed by atoms with Gasteiger partial charge < -0.3 is 19.4 Å². The van der Waals surface area contributed by atoms with Gasteiger partial charge in [0.2, 0.25) is 5.95 Å². The van der Waals surface area contributed by atoms with Crippen LogP contribution in [0.4, 0.5) is 5.95 Å². The fourth-order valence-corrected chi connectivity index (χ4v) is 1.81. The zero-order chi connectivity index (χ0) is 13.5. The molecule has 0 spiro atoms. The minimum atomic E-state index is 0.671. The molecule has 0 bridgehead atoms. The highest BCUT2D eigenvalue weighted by atomic mass is 16.5. The Morgan fingerprint density at radius 3 is 3.00 bits per heavy atom. The molecule has 2 rings (SSSR count). The van der Waals surface area contributed by atoms with E-state index in [9.17, 15) is 0 Å². The van der Waals surface area contributed by atoms with Crippen molar-refractivity contribution in [3.63, 3.8) is 0 Å². The third-order valence-corrected chi connectivity index (χ3v) is 2.84. The van der Waals surface area contributed by atoms with Crippen LogP contribution in [0.1, 0.15) is 5.56 Å². The largest absolute Gasteiger partial charge is 0.497 e. The smallest absolute Gasteiger partial charge is 0.203 e. The molecule has 0 saturated heterocycles. The maximum absolute atomic E-state index is 5.20. The number of benzene rings is 1. The molecule has 0 unspecified atom stereocenters. The van der Waals surface area contributed by atoms with Crippen molar-refractivity contribution in [3.05, 3.63) is 42.2 Å². The third kappa shape index (κ3) is 3.72. The van der Waals surface area contributed by atoms with Crippen molar-refractivity contribution in [1.82, 2.24) is 9.55 Å². The Hall–Kier alpha value is -2.01. The Morgan fingerprint density at radius 1 is 1.32 bits per heavy atom. The predicted molar refractivity (Wildman–Crippen MR) is 74.4 cm³/mol. The highest BCUT2D eigenvalue weighted by molar-refractivity contribution is 5.33. The van der Waals surface area contributed by atoms with Crippen molar-refractivity contribution in [1.29, 1.82) is 0 Å². The fraction of sp³-hybridized carbons (Fsp3) is 0.357. The van der Waals surface area contributed by atoms with Gasteiger partial charge in [0.05, 0.1) is 13.7 Å². The lowest BCUT2D eigenvalue weighted by atomic mass is 10.2. The SMILES string of the molecule is COCCn1ccnc1NCc1cccc(OC)c1. The molecule has 0 aliphatic heterocycles. The highest BCUT2D eigenvalue weighted by Gasteiger charge is 2.02. The fourth-order valence-electron chi connectivity index (χ4n) is 1.81. The van der Waals surface area contributed by atoms with E-state index in [-0.39, 0.29) is 0 Å². The van der Waals surface area contributed by atoms with E-state index in [2.05, 4.69) is 16.4 Å². The molecule has 1 aromatic carbocycles. The number of hydrogen-bond donors (Lipinski definition) is 1. The molecule has 1 N–H and O–H groups in total. The number of nitrogens with one attached hydrogen (secondary N) is 1. The lowest BCUT2D eigenvalue weighted by Crippen LogP contribution is -2.10. The average molecular weight is 261 g/mol. The lowest BCUT2D eigenvalue weighted by Gasteiger charge is -2.10. The number of imidazole rings is 1. The van der Waals surface area contributed by atoms with E-state index in [1.165, 1.54) is 0 Å². The summed E-state index contributed by atoms with van der Waals surface area (Å²) < 4.78 is 12.3. The number of anilines is 1. The van der Waals surface area contributed by atoms with E-state index >= 15 is 0 Å². The van der Waals surface area contributed by atoms with Crippen LogP contribution < -0.4 is 10.1 Å². The second-order valence-electron chi connectivity index (χ2n) is 4.14. The van der Waals surface area contributed by atoms with Gasteiger partial charge in [0.1, 0.15) is 5.75 Å². The molecule has 0 aliphatic rings. The third-order valence-electron chi connectivity index (χ3n) is 2.84. The number of nitrogens with zero attached hydrogens (tertiary/aromatic N) is 2. The first-order valence-electron chi connectivity index (χ1n) is 6.20. The van der Waals surface area contributed by atoms with E-state index in [0.717, 1.165) is 23.8 Å². The summed E-state index contributed by atoms with van der Waals surface area (Å²) >= 11 is 0. The van der Waals surface area contributed by atoms with Crippen molar-refractivity contribution < 1.29 is 9.47 Å². The molecule has 5 nitrogen and oxygen atoms in total. The monoisotopic (exact) mass is 261 g/mol. The van der Waals surface area contributed by atoms with Crippen molar-refractivity contribution in [2.45, 2.75) is 13.1 Å². The number of ether oxygens (including phenoxy) is 2. The maximum Gasteiger partial charge on any atom is 0.203 e. The molecule has 0 fully saturated rings. The van der Waals surface area contributed by atoms with E-state index in [1.807, 2.05) is 29.0 Å². The van der Waals surface area contributed by atoms with Gasteiger partial charge in [0, 0.05) is 32.6 Å². The Morgan fingerprint density at radius 2 is 2.21 bits per heavy atom. The molecule has 0 amide bonds. The first-order chi connectivity index (χ1) is 9.33. The summed E-state index contributed by atoms with van der Waals surface area (Å²) in [6.45, 7) is 2.17. The Kier molecular flexibility index (Phi) is 4.80. The van der Waals surface area contributed by atoms with Crippen LogP contribution in [0.15, 0.2) is 36.7 Å². The summed E-state index contributed by atoms with van der Waals surface area (Å²) in [5, 5.41) is 3.31. The van der Waals surface area contributed by atoms with E-state index in [4.69, 9.17) is 9.47 Å². The van der Waals surface area contributed by atoms with Gasteiger partial charge in [-0.2, -0.15) is 0 Å². The van der Waals surface area contributed by atoms with Crippen molar-refractivity contribution in [3.8, 4) is 5.75 Å². The molecule has 102 valence electrons. The second-order valence-corrected chi connectivity index (χ2v) is 4.14. The predicted octanol–water partition coefficient (Wildman–Crippen LogP) is 2.15. The van der Waals surface area contributed by atoms with Crippen molar-refractivity contribution >= 4 is 5.95 Å². The summed E-state index contributed by atoms with van der Waals surface area (Å²) in [5.41, 5.74) is 1.15. The van der Waals surface area contributed by atoms with Gasteiger partial charge in [-0.05, 0) is 17.7 Å². The lowest BCUT2D eigenvalue weighted by molar-refractivity contribution is 0.187. The zero-order valence-corrected chi connectivity index (χ0v) is 11.3. The number of hydrogen-bond acceptors (Lipinski definition) is 4. The van der Waals surface area contributed by atoms with Crippen LogP contribution in [0.25, 0.3) is 0 Å². The molecule has 0 radical (unpaired) electrons. The van der Waals surface area contributed by atoms with Crippen molar-refractivity contribution in [2.75, 3.05) is 26.1 Å². The molecule has 2 aromatic rings. The Balaban J connectivity index is 1.96. The molecule has 0 atom stereocenters. The van der Waals surface area contributed by atoms with Crippen LogP contribution >= 0.6 is 0 Å². The number of aromatic nitrogens is 2. The van der Waals surface area contributed by atoms with Crippen LogP contribution in [0.5, 0.6) is 5.75 Å². The maximum atomic E-state index is 5.20. The highest BCUT2D eigenvalue weighted by Crippen LogP contribution is 2.14. The van der Waals surface area contributed by atoms with Crippen LogP contribution in [0.3, 0.4) is 0 Å². The molecule has 1 aromatic heterocycles. The minimum absolute atomic E-state index is 0.671. The van der Waals surface area contributed by atoms with Crippen molar-refractivity contribution in [2.24, 2.45) is 0 Å². The van der Waals surface area contributed by atoms with Gasteiger partial charge in [-0.25, -0.2) is 4.98 Å². The standard InChI is InChI=1S/C14H19N3O2/c1-18-9-8-17-7-6-15-14(17)16-11-12-4-3-5-13(10-12)19-2/h3-7,10H,8-9,11H2,1-2H3,(H,15,16). The summed E-state index contributed by atoms with van der Waals surface area (Å²) in [6.07, 6.45) is 3.72. The molecular formula is C14H19N3O2. The van der Waals surface area contributed by atoms with E-state index in [1.54, 1.807) is 20.4 Å². The van der Waals surface area contributed by atoms with Gasteiger partial charge in [-0.3, -0.25) is 0 Å². The van der Waals surface area contributed by atoms with E-state index < -0.39 is 0 Å². The van der Waals surface area contributed by atoms with Crippen LogP contribution in [-0.4, -0.2) is 30.4 Å². The summed E-state index contributed by atoms with van der Waals surface area (Å²) in [5.74, 6) is 1.71. The number of rotatable bonds is 7. The Bertz CT molecular complexity index is 511. The first-order valence-corrected chi connectivity index (χ1v) is 6.20. The molecule has 19 heavy (non-hydrogen) atoms. The van der Waals surface area contributed by atoms with Crippen LogP contribution in [0.2, 0.25) is 0 Å². The van der Waals surface area contributed by atoms with E-state index in [0.29, 0.717) is 13.2 Å². The van der Waals surface area contributed by atoms with Gasteiger partial charge in [0.15, 0.2) is 0 Å². The summed E-state index contributed by atoms with van der Waals surface area (Å²) in [4.78, 5) is 4.29. The zero-order valence-electron chi connectivity index (χ0n) is 11.3. The molecule has 0 aliphatic carbocycles. The molecular weight excluding hydrogens is 242 g/mol. The topological polar surface area (TPSA) is 48.3 Å². The van der Waals surface area contributed by atoms with Gasteiger partial charge in [0.25, 0.3) is 0 Å². The molecule has 0 saturated carbocycles. The quantitative estimate of drug-likeness (QED) is 0.829. The van der Waals surface area contributed by atoms with Gasteiger partial charge in [-0.15, -0.1) is 0 Å². The Labute approximate surface area is 113 Å². The van der Waals surface area contributed by atoms with Crippen LogP contribution in [0, 0.1) is 0 Å². The molecule has 5 heteroatoms. The normalized spacial score (nSPS) is 10.4. The average Bonchev–Trinajstić information content (AvgIpc) is 2.90. The summed E-state index contributed by atoms with van der Waals surface area (Å²) in [6, 6.07) is 7.98.